The van der Waals surface area contributed by atoms with Gasteiger partial charge in [0.25, 0.3) is 0 Å². The molecular weight excluding hydrogens is 330 g/mol. The molecule has 0 atom stereocenters. The number of anilines is 1. The van der Waals surface area contributed by atoms with Crippen molar-refractivity contribution in [2.45, 2.75) is 27.2 Å². The van der Waals surface area contributed by atoms with Crippen molar-refractivity contribution < 1.29 is 0 Å². The van der Waals surface area contributed by atoms with Crippen LogP contribution in [0.25, 0.3) is 5.82 Å². The molecule has 0 bridgehead atoms. The number of aryl methyl sites for hydroxylation is 1. The Kier molecular flexibility index (Phi) is 4.42. The normalized spacial score (nSPS) is 10.8. The van der Waals surface area contributed by atoms with Crippen LogP contribution in [-0.4, -0.2) is 26.3 Å². The zero-order chi connectivity index (χ0) is 14.0. The van der Waals surface area contributed by atoms with Crippen LogP contribution in [-0.2, 0) is 0 Å². The maximum Gasteiger partial charge on any atom is 0.224 e. The van der Waals surface area contributed by atoms with E-state index in [4.69, 9.17) is 11.6 Å². The van der Waals surface area contributed by atoms with Gasteiger partial charge in [-0.1, -0.05) is 18.5 Å². The molecule has 102 valence electrons. The molecule has 0 unspecified atom stereocenters. The second kappa shape index (κ2) is 5.88. The number of hydrogen-bond donors (Lipinski definition) is 1. The standard InChI is InChI=1S/C12H15BrClN5/c1-4-5-15-12-16-6-9(13)11(17-12)19-8(3)10(14)7(2)18-19/h6H,4-5H2,1-3H3,(H,15,16,17). The van der Waals surface area contributed by atoms with Crippen LogP contribution in [0.15, 0.2) is 10.7 Å². The molecule has 0 amide bonds. The fraction of sp³-hybridized carbons (Fsp3) is 0.417. The molecule has 7 heteroatoms. The molecule has 0 aliphatic carbocycles. The van der Waals surface area contributed by atoms with E-state index in [1.165, 1.54) is 0 Å². The molecule has 0 aliphatic rings. The van der Waals surface area contributed by atoms with Gasteiger partial charge in [0.2, 0.25) is 5.95 Å². The lowest BCUT2D eigenvalue weighted by Gasteiger charge is -2.08. The van der Waals surface area contributed by atoms with Crippen molar-refractivity contribution in [3.8, 4) is 5.82 Å². The molecule has 0 aliphatic heterocycles. The minimum atomic E-state index is 0.587. The Labute approximate surface area is 125 Å². The Hall–Kier alpha value is -1.14. The summed E-state index contributed by atoms with van der Waals surface area (Å²) in [4.78, 5) is 8.69. The van der Waals surface area contributed by atoms with E-state index in [2.05, 4.69) is 43.2 Å². The van der Waals surface area contributed by atoms with E-state index in [-0.39, 0.29) is 0 Å². The largest absolute Gasteiger partial charge is 0.354 e. The fourth-order valence-electron chi connectivity index (χ4n) is 1.66. The number of rotatable bonds is 4. The van der Waals surface area contributed by atoms with Crippen molar-refractivity contribution in [2.24, 2.45) is 0 Å². The fourth-order valence-corrected chi connectivity index (χ4v) is 2.14. The highest BCUT2D eigenvalue weighted by Gasteiger charge is 2.15. The summed E-state index contributed by atoms with van der Waals surface area (Å²) in [5.41, 5.74) is 1.65. The molecule has 0 saturated heterocycles. The van der Waals surface area contributed by atoms with Crippen LogP contribution in [0.2, 0.25) is 5.02 Å². The summed E-state index contributed by atoms with van der Waals surface area (Å²) in [6, 6.07) is 0. The number of halogens is 2. The molecule has 1 N–H and O–H groups in total. The third-order valence-corrected chi connectivity index (χ3v) is 3.77. The molecule has 19 heavy (non-hydrogen) atoms. The van der Waals surface area contributed by atoms with Crippen LogP contribution < -0.4 is 5.32 Å². The number of nitrogens with zero attached hydrogens (tertiary/aromatic N) is 4. The van der Waals surface area contributed by atoms with Gasteiger partial charge in [-0.2, -0.15) is 10.1 Å². The molecule has 2 aromatic rings. The van der Waals surface area contributed by atoms with Crippen LogP contribution in [0.3, 0.4) is 0 Å². The summed E-state index contributed by atoms with van der Waals surface area (Å²) < 4.78 is 2.50. The van der Waals surface area contributed by atoms with Crippen LogP contribution in [0.5, 0.6) is 0 Å². The van der Waals surface area contributed by atoms with Crippen molar-refractivity contribution in [3.05, 3.63) is 27.1 Å². The molecule has 0 spiro atoms. The van der Waals surface area contributed by atoms with Crippen LogP contribution >= 0.6 is 27.5 Å². The SMILES string of the molecule is CCCNc1ncc(Br)c(-n2nc(C)c(Cl)c2C)n1. The van der Waals surface area contributed by atoms with Gasteiger partial charge in [-0.05, 0) is 36.2 Å². The van der Waals surface area contributed by atoms with Crippen molar-refractivity contribution >= 4 is 33.5 Å². The van der Waals surface area contributed by atoms with E-state index in [0.29, 0.717) is 16.8 Å². The summed E-state index contributed by atoms with van der Waals surface area (Å²) in [6.45, 7) is 6.71. The van der Waals surface area contributed by atoms with E-state index in [1.807, 2.05) is 13.8 Å². The van der Waals surface area contributed by atoms with Gasteiger partial charge in [0.1, 0.15) is 0 Å². The van der Waals surface area contributed by atoms with Gasteiger partial charge >= 0.3 is 0 Å². The first-order chi connectivity index (χ1) is 9.04. The van der Waals surface area contributed by atoms with Crippen LogP contribution in [0.4, 0.5) is 5.95 Å². The molecule has 5 nitrogen and oxygen atoms in total. The van der Waals surface area contributed by atoms with Gasteiger partial charge in [0, 0.05) is 12.7 Å². The minimum absolute atomic E-state index is 0.587. The molecule has 0 fully saturated rings. The Morgan fingerprint density at radius 3 is 2.74 bits per heavy atom. The number of nitrogens with one attached hydrogen (secondary N) is 1. The Morgan fingerprint density at radius 2 is 2.16 bits per heavy atom. The van der Waals surface area contributed by atoms with Crippen LogP contribution in [0, 0.1) is 13.8 Å². The lowest BCUT2D eigenvalue weighted by molar-refractivity contribution is 0.794. The maximum atomic E-state index is 6.17. The molecule has 2 aromatic heterocycles. The highest BCUT2D eigenvalue weighted by molar-refractivity contribution is 9.10. The lowest BCUT2D eigenvalue weighted by Crippen LogP contribution is -2.09. The summed E-state index contributed by atoms with van der Waals surface area (Å²) >= 11 is 9.61. The average molecular weight is 345 g/mol. The predicted molar refractivity (Wildman–Crippen MR) is 80.1 cm³/mol. The topological polar surface area (TPSA) is 55.6 Å². The second-order valence-electron chi connectivity index (χ2n) is 4.19. The number of hydrogen-bond acceptors (Lipinski definition) is 4. The van der Waals surface area contributed by atoms with Gasteiger partial charge in [0.15, 0.2) is 5.82 Å². The summed E-state index contributed by atoms with van der Waals surface area (Å²) in [7, 11) is 0. The van der Waals surface area contributed by atoms with Crippen molar-refractivity contribution in [1.29, 1.82) is 0 Å². The van der Waals surface area contributed by atoms with Crippen molar-refractivity contribution in [2.75, 3.05) is 11.9 Å². The van der Waals surface area contributed by atoms with E-state index in [1.54, 1.807) is 10.9 Å². The zero-order valence-corrected chi connectivity index (χ0v) is 13.4. The van der Waals surface area contributed by atoms with E-state index >= 15 is 0 Å². The molecule has 2 heterocycles. The van der Waals surface area contributed by atoms with E-state index in [0.717, 1.165) is 28.8 Å². The Balaban J connectivity index is 2.45. The monoisotopic (exact) mass is 343 g/mol. The Morgan fingerprint density at radius 1 is 1.42 bits per heavy atom. The zero-order valence-electron chi connectivity index (χ0n) is 11.0. The summed E-state index contributed by atoms with van der Waals surface area (Å²) in [5.74, 6) is 1.27. The van der Waals surface area contributed by atoms with Gasteiger partial charge in [-0.25, -0.2) is 9.67 Å². The second-order valence-corrected chi connectivity index (χ2v) is 5.42. The quantitative estimate of drug-likeness (QED) is 0.922. The molecule has 0 saturated carbocycles. The van der Waals surface area contributed by atoms with E-state index < -0.39 is 0 Å². The van der Waals surface area contributed by atoms with Crippen molar-refractivity contribution in [3.63, 3.8) is 0 Å². The summed E-state index contributed by atoms with van der Waals surface area (Å²) in [5, 5.41) is 8.22. The summed E-state index contributed by atoms with van der Waals surface area (Å²) in [6.07, 6.45) is 2.73. The third kappa shape index (κ3) is 2.90. The first-order valence-electron chi connectivity index (χ1n) is 6.03. The number of aromatic nitrogens is 4. The van der Waals surface area contributed by atoms with Crippen molar-refractivity contribution in [1.82, 2.24) is 19.7 Å². The first-order valence-corrected chi connectivity index (χ1v) is 7.20. The van der Waals surface area contributed by atoms with Crippen LogP contribution in [0.1, 0.15) is 24.7 Å². The third-order valence-electron chi connectivity index (χ3n) is 2.66. The highest BCUT2D eigenvalue weighted by Crippen LogP contribution is 2.25. The molecular formula is C12H15BrClN5. The van der Waals surface area contributed by atoms with E-state index in [9.17, 15) is 0 Å². The molecule has 2 rings (SSSR count). The predicted octanol–water partition coefficient (Wildman–Crippen LogP) is 3.52. The Bertz CT molecular complexity index is 596. The lowest BCUT2D eigenvalue weighted by atomic mass is 10.4. The van der Waals surface area contributed by atoms with Gasteiger partial charge in [0.05, 0.1) is 20.9 Å². The first kappa shape index (κ1) is 14.3. The minimum Gasteiger partial charge on any atom is -0.354 e. The highest BCUT2D eigenvalue weighted by atomic mass is 79.9. The molecule has 0 radical (unpaired) electrons. The molecule has 0 aromatic carbocycles. The van der Waals surface area contributed by atoms with Gasteiger partial charge in [-0.15, -0.1) is 0 Å². The average Bonchev–Trinajstić information content (AvgIpc) is 2.65. The smallest absolute Gasteiger partial charge is 0.224 e. The van der Waals surface area contributed by atoms with Gasteiger partial charge < -0.3 is 5.32 Å². The maximum absolute atomic E-state index is 6.17. The van der Waals surface area contributed by atoms with Gasteiger partial charge in [-0.3, -0.25) is 0 Å².